The van der Waals surface area contributed by atoms with E-state index in [4.69, 9.17) is 0 Å². The van der Waals surface area contributed by atoms with Gasteiger partial charge in [-0.15, -0.1) is 5.10 Å². The van der Waals surface area contributed by atoms with Gasteiger partial charge >= 0.3 is 0 Å². The van der Waals surface area contributed by atoms with Crippen LogP contribution in [0.25, 0.3) is 27.5 Å². The fourth-order valence-electron chi connectivity index (χ4n) is 2.50. The van der Waals surface area contributed by atoms with Gasteiger partial charge in [0.2, 0.25) is 5.95 Å². The fourth-order valence-corrected chi connectivity index (χ4v) is 2.50. The van der Waals surface area contributed by atoms with Crippen LogP contribution in [0, 0.1) is 0 Å². The SMILES string of the molecule is CNc1ncc2c(-c3ccc4ncccc4c3)ccn2n1. The maximum Gasteiger partial charge on any atom is 0.240 e. The summed E-state index contributed by atoms with van der Waals surface area (Å²) in [6.45, 7) is 0. The van der Waals surface area contributed by atoms with Crippen molar-refractivity contribution in [2.75, 3.05) is 12.4 Å². The van der Waals surface area contributed by atoms with Crippen molar-refractivity contribution in [3.63, 3.8) is 0 Å². The summed E-state index contributed by atoms with van der Waals surface area (Å²) < 4.78 is 1.83. The summed E-state index contributed by atoms with van der Waals surface area (Å²) >= 11 is 0. The van der Waals surface area contributed by atoms with Gasteiger partial charge in [0.25, 0.3) is 0 Å². The van der Waals surface area contributed by atoms with Gasteiger partial charge in [0, 0.05) is 30.4 Å². The summed E-state index contributed by atoms with van der Waals surface area (Å²) in [5.74, 6) is 0.604. The van der Waals surface area contributed by atoms with Crippen LogP contribution in [0.2, 0.25) is 0 Å². The lowest BCUT2D eigenvalue weighted by molar-refractivity contribution is 0.909. The third-order valence-electron chi connectivity index (χ3n) is 3.55. The van der Waals surface area contributed by atoms with Crippen molar-refractivity contribution < 1.29 is 0 Å². The Morgan fingerprint density at radius 2 is 2.05 bits per heavy atom. The molecule has 0 aliphatic carbocycles. The Kier molecular flexibility index (Phi) is 2.57. The lowest BCUT2D eigenvalue weighted by atomic mass is 10.0. The number of aromatic nitrogens is 4. The third-order valence-corrected chi connectivity index (χ3v) is 3.55. The minimum absolute atomic E-state index is 0.604. The Morgan fingerprint density at radius 3 is 2.95 bits per heavy atom. The van der Waals surface area contributed by atoms with Gasteiger partial charge in [-0.2, -0.15) is 0 Å². The minimum Gasteiger partial charge on any atom is -0.356 e. The number of hydrogen-bond acceptors (Lipinski definition) is 4. The van der Waals surface area contributed by atoms with Crippen LogP contribution in [-0.4, -0.2) is 26.6 Å². The van der Waals surface area contributed by atoms with Gasteiger partial charge in [0.15, 0.2) is 0 Å². The summed E-state index contributed by atoms with van der Waals surface area (Å²) in [5.41, 5.74) is 4.23. The van der Waals surface area contributed by atoms with Crippen LogP contribution >= 0.6 is 0 Å². The molecule has 0 spiro atoms. The van der Waals surface area contributed by atoms with Crippen LogP contribution in [0.5, 0.6) is 0 Å². The molecule has 0 aliphatic heterocycles. The number of pyridine rings is 1. The predicted molar refractivity (Wildman–Crippen MR) is 83.3 cm³/mol. The number of nitrogens with one attached hydrogen (secondary N) is 1. The van der Waals surface area contributed by atoms with Crippen LogP contribution in [0.1, 0.15) is 0 Å². The average molecular weight is 275 g/mol. The Bertz CT molecular complexity index is 942. The lowest BCUT2D eigenvalue weighted by Gasteiger charge is -2.03. The highest BCUT2D eigenvalue weighted by molar-refractivity contribution is 5.88. The molecular weight excluding hydrogens is 262 g/mol. The van der Waals surface area contributed by atoms with E-state index in [1.807, 2.05) is 42.3 Å². The van der Waals surface area contributed by atoms with E-state index < -0.39 is 0 Å². The molecule has 0 saturated carbocycles. The van der Waals surface area contributed by atoms with E-state index in [1.54, 1.807) is 0 Å². The van der Waals surface area contributed by atoms with Crippen molar-refractivity contribution in [3.05, 3.63) is 55.0 Å². The molecule has 4 aromatic rings. The number of hydrogen-bond donors (Lipinski definition) is 1. The quantitative estimate of drug-likeness (QED) is 0.611. The lowest BCUT2D eigenvalue weighted by Crippen LogP contribution is -2.00. The largest absolute Gasteiger partial charge is 0.356 e. The highest BCUT2D eigenvalue weighted by Gasteiger charge is 2.08. The smallest absolute Gasteiger partial charge is 0.240 e. The van der Waals surface area contributed by atoms with Gasteiger partial charge < -0.3 is 5.32 Å². The second-order valence-electron chi connectivity index (χ2n) is 4.80. The van der Waals surface area contributed by atoms with Crippen molar-refractivity contribution in [2.24, 2.45) is 0 Å². The number of rotatable bonds is 2. The van der Waals surface area contributed by atoms with Gasteiger partial charge in [0.05, 0.1) is 17.2 Å². The second kappa shape index (κ2) is 4.56. The van der Waals surface area contributed by atoms with Crippen molar-refractivity contribution in [3.8, 4) is 11.1 Å². The van der Waals surface area contributed by atoms with Gasteiger partial charge in [-0.1, -0.05) is 12.1 Å². The third kappa shape index (κ3) is 1.90. The first-order valence-corrected chi connectivity index (χ1v) is 6.72. The summed E-state index contributed by atoms with van der Waals surface area (Å²) in [6, 6.07) is 12.3. The molecule has 102 valence electrons. The summed E-state index contributed by atoms with van der Waals surface area (Å²) in [7, 11) is 1.81. The van der Waals surface area contributed by atoms with E-state index in [1.165, 1.54) is 0 Å². The number of fused-ring (bicyclic) bond motifs is 2. The Labute approximate surface area is 121 Å². The van der Waals surface area contributed by atoms with Crippen LogP contribution in [0.4, 0.5) is 5.95 Å². The van der Waals surface area contributed by atoms with Crippen LogP contribution in [0.3, 0.4) is 0 Å². The van der Waals surface area contributed by atoms with Crippen molar-refractivity contribution in [2.45, 2.75) is 0 Å². The standard InChI is InChI=1S/C16H13N5/c1-17-16-19-10-15-13(6-8-21(15)20-16)11-4-5-14-12(9-11)3-2-7-18-14/h2-10H,1H3,(H,17,20). The molecular formula is C16H13N5. The molecule has 0 unspecified atom stereocenters. The molecule has 0 radical (unpaired) electrons. The molecule has 0 saturated heterocycles. The minimum atomic E-state index is 0.604. The van der Waals surface area contributed by atoms with Crippen LogP contribution in [0.15, 0.2) is 55.0 Å². The Hall–Kier alpha value is -2.95. The van der Waals surface area contributed by atoms with Crippen LogP contribution in [-0.2, 0) is 0 Å². The highest BCUT2D eigenvalue weighted by atomic mass is 15.3. The molecule has 21 heavy (non-hydrogen) atoms. The van der Waals surface area contributed by atoms with E-state index in [9.17, 15) is 0 Å². The zero-order chi connectivity index (χ0) is 14.2. The molecule has 3 heterocycles. The second-order valence-corrected chi connectivity index (χ2v) is 4.80. The molecule has 5 heteroatoms. The first kappa shape index (κ1) is 11.8. The van der Waals surface area contributed by atoms with Gasteiger partial charge in [-0.25, -0.2) is 9.50 Å². The molecule has 4 rings (SSSR count). The molecule has 0 bridgehead atoms. The molecule has 3 aromatic heterocycles. The molecule has 1 N–H and O–H groups in total. The van der Waals surface area contributed by atoms with Crippen LogP contribution < -0.4 is 5.32 Å². The Morgan fingerprint density at radius 1 is 1.10 bits per heavy atom. The topological polar surface area (TPSA) is 55.1 Å². The number of benzene rings is 1. The molecule has 0 amide bonds. The number of nitrogens with zero attached hydrogens (tertiary/aromatic N) is 4. The first-order valence-electron chi connectivity index (χ1n) is 6.72. The normalized spacial score (nSPS) is 11.1. The summed E-state index contributed by atoms with van der Waals surface area (Å²) in [6.07, 6.45) is 5.59. The van der Waals surface area contributed by atoms with Crippen molar-refractivity contribution >= 4 is 22.4 Å². The maximum atomic E-state index is 4.38. The monoisotopic (exact) mass is 275 g/mol. The summed E-state index contributed by atoms with van der Waals surface area (Å²) in [4.78, 5) is 8.64. The van der Waals surface area contributed by atoms with E-state index in [2.05, 4.69) is 44.6 Å². The number of anilines is 1. The molecule has 0 atom stereocenters. The molecule has 0 aliphatic rings. The summed E-state index contributed by atoms with van der Waals surface area (Å²) in [5, 5.41) is 8.45. The Balaban J connectivity index is 1.91. The maximum absolute atomic E-state index is 4.38. The van der Waals surface area contributed by atoms with E-state index >= 15 is 0 Å². The highest BCUT2D eigenvalue weighted by Crippen LogP contribution is 2.27. The zero-order valence-corrected chi connectivity index (χ0v) is 11.5. The average Bonchev–Trinajstić information content (AvgIpc) is 2.97. The van der Waals surface area contributed by atoms with Gasteiger partial charge in [-0.3, -0.25) is 4.98 Å². The van der Waals surface area contributed by atoms with Crippen molar-refractivity contribution in [1.82, 2.24) is 19.6 Å². The van der Waals surface area contributed by atoms with E-state index in [0.29, 0.717) is 5.95 Å². The van der Waals surface area contributed by atoms with E-state index in [0.717, 1.165) is 27.5 Å². The zero-order valence-electron chi connectivity index (χ0n) is 11.5. The molecule has 1 aromatic carbocycles. The molecule has 0 fully saturated rings. The van der Waals surface area contributed by atoms with Gasteiger partial charge in [0.1, 0.15) is 0 Å². The molecule has 5 nitrogen and oxygen atoms in total. The van der Waals surface area contributed by atoms with E-state index in [-0.39, 0.29) is 0 Å². The predicted octanol–water partition coefficient (Wildman–Crippen LogP) is 2.99. The fraction of sp³-hybridized carbons (Fsp3) is 0.0625. The first-order chi connectivity index (χ1) is 10.3. The van der Waals surface area contributed by atoms with Gasteiger partial charge in [-0.05, 0) is 29.8 Å². The van der Waals surface area contributed by atoms with Crippen molar-refractivity contribution in [1.29, 1.82) is 0 Å².